The topological polar surface area (TPSA) is 64.4 Å². The van der Waals surface area contributed by atoms with Crippen LogP contribution in [0, 0.1) is 9.39 Å². The first-order valence-electron chi connectivity index (χ1n) is 8.53. The van der Waals surface area contributed by atoms with Crippen molar-refractivity contribution in [3.63, 3.8) is 0 Å². The van der Waals surface area contributed by atoms with E-state index in [9.17, 15) is 9.18 Å². The molecule has 0 saturated heterocycles. The van der Waals surface area contributed by atoms with Gasteiger partial charge in [0.05, 0.1) is 10.6 Å². The first-order valence-corrected chi connectivity index (χ1v) is 9.98. The number of carbonyl (C=O) groups excluding carboxylic acids is 1. The maximum absolute atomic E-state index is 13.6. The Morgan fingerprint density at radius 3 is 2.83 bits per heavy atom. The van der Waals surface area contributed by atoms with Crippen LogP contribution in [-0.2, 0) is 4.79 Å². The van der Waals surface area contributed by atoms with Gasteiger partial charge >= 0.3 is 0 Å². The van der Waals surface area contributed by atoms with Crippen LogP contribution in [0.5, 0.6) is 5.75 Å². The first-order chi connectivity index (χ1) is 14.0. The van der Waals surface area contributed by atoms with Gasteiger partial charge in [0.2, 0.25) is 5.89 Å². The third-order valence-electron chi connectivity index (χ3n) is 4.03. The van der Waals surface area contributed by atoms with Gasteiger partial charge in [-0.1, -0.05) is 23.7 Å². The second-order valence-electron chi connectivity index (χ2n) is 6.09. The van der Waals surface area contributed by atoms with Crippen molar-refractivity contribution < 1.29 is 18.3 Å². The minimum Gasteiger partial charge on any atom is -0.481 e. The molecule has 1 aromatic heterocycles. The highest BCUT2D eigenvalue weighted by Gasteiger charge is 2.13. The molecule has 3 aromatic carbocycles. The number of amides is 1. The fourth-order valence-electron chi connectivity index (χ4n) is 2.68. The minimum absolute atomic E-state index is 0.0219. The van der Waals surface area contributed by atoms with Gasteiger partial charge in [-0.3, -0.25) is 4.79 Å². The number of ether oxygens (including phenoxy) is 1. The largest absolute Gasteiger partial charge is 0.481 e. The van der Waals surface area contributed by atoms with Crippen molar-refractivity contribution in [1.82, 2.24) is 4.98 Å². The lowest BCUT2D eigenvalue weighted by molar-refractivity contribution is -0.118. The summed E-state index contributed by atoms with van der Waals surface area (Å²) in [6.07, 6.45) is 0. The van der Waals surface area contributed by atoms with E-state index in [1.54, 1.807) is 36.4 Å². The number of nitrogens with zero attached hydrogens (tertiary/aromatic N) is 1. The summed E-state index contributed by atoms with van der Waals surface area (Å²) in [5.74, 6) is -0.522. The summed E-state index contributed by atoms with van der Waals surface area (Å²) >= 11 is 8.44. The molecule has 1 heterocycles. The van der Waals surface area contributed by atoms with E-state index in [1.165, 1.54) is 12.1 Å². The van der Waals surface area contributed by atoms with E-state index in [1.807, 2.05) is 12.1 Å². The van der Waals surface area contributed by atoms with Gasteiger partial charge in [0.15, 0.2) is 23.8 Å². The van der Waals surface area contributed by atoms with Crippen LogP contribution in [0.25, 0.3) is 22.6 Å². The number of hydrogen-bond donors (Lipinski definition) is 1. The van der Waals surface area contributed by atoms with Gasteiger partial charge in [-0.05, 0) is 71.1 Å². The number of aromatic nitrogens is 1. The highest BCUT2D eigenvalue weighted by Crippen LogP contribution is 2.32. The van der Waals surface area contributed by atoms with Crippen LogP contribution < -0.4 is 10.1 Å². The molecule has 0 aliphatic carbocycles. The number of carbonyl (C=O) groups is 1. The smallest absolute Gasteiger partial charge is 0.262 e. The van der Waals surface area contributed by atoms with Crippen molar-refractivity contribution in [3.8, 4) is 17.2 Å². The second kappa shape index (κ2) is 8.38. The van der Waals surface area contributed by atoms with Gasteiger partial charge in [-0.2, -0.15) is 0 Å². The zero-order valence-electron chi connectivity index (χ0n) is 14.8. The molecule has 0 bridgehead atoms. The average Bonchev–Trinajstić information content (AvgIpc) is 3.12. The van der Waals surface area contributed by atoms with E-state index in [0.29, 0.717) is 33.3 Å². The first kappa shape index (κ1) is 19.7. The summed E-state index contributed by atoms with van der Waals surface area (Å²) in [5.41, 5.74) is 2.35. The lowest BCUT2D eigenvalue weighted by Crippen LogP contribution is -2.20. The molecule has 4 aromatic rings. The average molecular weight is 523 g/mol. The normalized spacial score (nSPS) is 10.9. The molecule has 0 radical (unpaired) electrons. The lowest BCUT2D eigenvalue weighted by Gasteiger charge is -2.08. The van der Waals surface area contributed by atoms with Gasteiger partial charge in [0.1, 0.15) is 5.52 Å². The second-order valence-corrected chi connectivity index (χ2v) is 7.75. The van der Waals surface area contributed by atoms with Crippen molar-refractivity contribution in [1.29, 1.82) is 0 Å². The summed E-state index contributed by atoms with van der Waals surface area (Å²) in [7, 11) is 0. The third-order valence-corrected chi connectivity index (χ3v) is 5.03. The number of nitrogens with one attached hydrogen (secondary N) is 1. The number of halogens is 3. The molecule has 0 spiro atoms. The van der Waals surface area contributed by atoms with Crippen molar-refractivity contribution in [3.05, 3.63) is 75.1 Å². The van der Waals surface area contributed by atoms with E-state index in [4.69, 9.17) is 20.8 Å². The molecule has 0 aliphatic rings. The van der Waals surface area contributed by atoms with Crippen LogP contribution in [0.1, 0.15) is 0 Å². The van der Waals surface area contributed by atoms with Crippen LogP contribution in [0.2, 0.25) is 5.02 Å². The maximum atomic E-state index is 13.6. The SMILES string of the molecule is O=C(COc1ccccc1F)Nc1ccc2oc(-c3cc(I)ccc3Cl)nc2c1. The van der Waals surface area contributed by atoms with Crippen LogP contribution >= 0.6 is 34.2 Å². The lowest BCUT2D eigenvalue weighted by atomic mass is 10.2. The molecule has 29 heavy (non-hydrogen) atoms. The van der Waals surface area contributed by atoms with Gasteiger partial charge in [0.25, 0.3) is 5.91 Å². The summed E-state index contributed by atoms with van der Waals surface area (Å²) in [5, 5.41) is 3.24. The third kappa shape index (κ3) is 4.51. The number of oxazole rings is 1. The Kier molecular flexibility index (Phi) is 5.68. The molecule has 1 N–H and O–H groups in total. The monoisotopic (exact) mass is 522 g/mol. The van der Waals surface area contributed by atoms with Crippen LogP contribution in [0.4, 0.5) is 10.1 Å². The summed E-state index contributed by atoms with van der Waals surface area (Å²) in [4.78, 5) is 16.6. The predicted octanol–water partition coefficient (Wildman–Crippen LogP) is 5.91. The van der Waals surface area contributed by atoms with E-state index < -0.39 is 11.7 Å². The van der Waals surface area contributed by atoms with Gasteiger partial charge in [-0.15, -0.1) is 0 Å². The highest BCUT2D eigenvalue weighted by atomic mass is 127. The number of rotatable bonds is 5. The molecule has 0 aliphatic heterocycles. The number of para-hydroxylation sites is 1. The fourth-order valence-corrected chi connectivity index (χ4v) is 3.37. The van der Waals surface area contributed by atoms with Gasteiger partial charge in [-0.25, -0.2) is 9.37 Å². The van der Waals surface area contributed by atoms with Crippen molar-refractivity contribution in [2.75, 3.05) is 11.9 Å². The summed E-state index contributed by atoms with van der Waals surface area (Å²) < 4.78 is 25.6. The molecule has 8 heteroatoms. The minimum atomic E-state index is -0.522. The van der Waals surface area contributed by atoms with Gasteiger partial charge < -0.3 is 14.5 Å². The van der Waals surface area contributed by atoms with E-state index in [0.717, 1.165) is 3.57 Å². The molecule has 0 unspecified atom stereocenters. The Hall–Kier alpha value is -2.65. The molecular weight excluding hydrogens is 510 g/mol. The predicted molar refractivity (Wildman–Crippen MR) is 118 cm³/mol. The van der Waals surface area contributed by atoms with Crippen molar-refractivity contribution >= 4 is 56.9 Å². The van der Waals surface area contributed by atoms with Crippen LogP contribution in [-0.4, -0.2) is 17.5 Å². The van der Waals surface area contributed by atoms with Crippen LogP contribution in [0.3, 0.4) is 0 Å². The van der Waals surface area contributed by atoms with E-state index in [2.05, 4.69) is 32.9 Å². The van der Waals surface area contributed by atoms with Crippen molar-refractivity contribution in [2.45, 2.75) is 0 Å². The van der Waals surface area contributed by atoms with E-state index >= 15 is 0 Å². The molecule has 5 nitrogen and oxygen atoms in total. The van der Waals surface area contributed by atoms with Crippen LogP contribution in [0.15, 0.2) is 65.1 Å². The Labute approximate surface area is 184 Å². The number of fused-ring (bicyclic) bond motifs is 1. The zero-order valence-corrected chi connectivity index (χ0v) is 17.7. The number of anilines is 1. The molecule has 0 atom stereocenters. The Morgan fingerprint density at radius 2 is 2.00 bits per heavy atom. The fraction of sp³-hybridized carbons (Fsp3) is 0.0476. The standard InChI is InChI=1S/C21H13ClFIN2O3/c22-15-7-5-12(24)9-14(15)21-26-17-10-13(6-8-19(17)29-21)25-20(27)11-28-18-4-2-1-3-16(18)23/h1-10H,11H2,(H,25,27). The Balaban J connectivity index is 1.49. The molecule has 0 saturated carbocycles. The van der Waals surface area contributed by atoms with Gasteiger partial charge in [0, 0.05) is 9.26 Å². The molecule has 4 rings (SSSR count). The Bertz CT molecular complexity index is 1210. The number of benzene rings is 3. The molecule has 0 fully saturated rings. The molecule has 1 amide bonds. The molecule has 146 valence electrons. The van der Waals surface area contributed by atoms with E-state index in [-0.39, 0.29) is 12.4 Å². The summed E-state index contributed by atoms with van der Waals surface area (Å²) in [6, 6.07) is 16.6. The highest BCUT2D eigenvalue weighted by molar-refractivity contribution is 14.1. The molecular formula is C21H13ClFIN2O3. The quantitative estimate of drug-likeness (QED) is 0.331. The summed E-state index contributed by atoms with van der Waals surface area (Å²) in [6.45, 7) is -0.318. The van der Waals surface area contributed by atoms with Crippen molar-refractivity contribution in [2.24, 2.45) is 0 Å². The Morgan fingerprint density at radius 1 is 1.17 bits per heavy atom. The maximum Gasteiger partial charge on any atom is 0.262 e. The number of hydrogen-bond acceptors (Lipinski definition) is 4. The zero-order chi connectivity index (χ0) is 20.4.